The number of nitrogens with one attached hydrogen (secondary N) is 2. The maximum absolute atomic E-state index is 12.5. The second kappa shape index (κ2) is 7.12. The number of ether oxygens (including phenoxy) is 3. The van der Waals surface area contributed by atoms with Crippen molar-refractivity contribution in [2.45, 2.75) is 13.0 Å². The molecule has 0 aliphatic carbocycles. The summed E-state index contributed by atoms with van der Waals surface area (Å²) in [4.78, 5) is 23.7. The van der Waals surface area contributed by atoms with E-state index in [1.807, 2.05) is 12.1 Å². The number of hydrogen-bond acceptors (Lipinski definition) is 5. The molecule has 0 fully saturated rings. The van der Waals surface area contributed by atoms with Crippen LogP contribution in [0.3, 0.4) is 0 Å². The molecular formula is C18H18N2O5. The van der Waals surface area contributed by atoms with E-state index >= 15 is 0 Å². The van der Waals surface area contributed by atoms with E-state index in [1.165, 1.54) is 14.0 Å². The fourth-order valence-electron chi connectivity index (χ4n) is 2.45. The zero-order valence-corrected chi connectivity index (χ0v) is 13.9. The first-order valence-corrected chi connectivity index (χ1v) is 7.72. The van der Waals surface area contributed by atoms with E-state index in [-0.39, 0.29) is 18.4 Å². The number of hydrogen-bond donors (Lipinski definition) is 2. The number of carbonyl (C=O) groups excluding carboxylic acids is 2. The first kappa shape index (κ1) is 16.6. The molecule has 1 atom stereocenters. The van der Waals surface area contributed by atoms with Crippen molar-refractivity contribution in [1.29, 1.82) is 0 Å². The minimum Gasteiger partial charge on any atom is -0.495 e. The van der Waals surface area contributed by atoms with Crippen molar-refractivity contribution in [3.05, 3.63) is 42.5 Å². The van der Waals surface area contributed by atoms with Crippen LogP contribution in [0, 0.1) is 0 Å². The van der Waals surface area contributed by atoms with E-state index < -0.39 is 6.10 Å². The minimum absolute atomic E-state index is 0.108. The number of methoxy groups -OCH3 is 1. The van der Waals surface area contributed by atoms with E-state index in [0.29, 0.717) is 28.6 Å². The van der Waals surface area contributed by atoms with E-state index in [2.05, 4.69) is 10.6 Å². The molecule has 25 heavy (non-hydrogen) atoms. The fourth-order valence-corrected chi connectivity index (χ4v) is 2.45. The van der Waals surface area contributed by atoms with Crippen LogP contribution in [0.5, 0.6) is 17.2 Å². The van der Waals surface area contributed by atoms with Gasteiger partial charge in [-0.15, -0.1) is 0 Å². The Morgan fingerprint density at radius 3 is 2.60 bits per heavy atom. The van der Waals surface area contributed by atoms with Gasteiger partial charge in [0.05, 0.1) is 12.8 Å². The van der Waals surface area contributed by atoms with Gasteiger partial charge in [0, 0.05) is 12.6 Å². The highest BCUT2D eigenvalue weighted by molar-refractivity contribution is 5.97. The molecule has 1 heterocycles. The maximum Gasteiger partial charge on any atom is 0.269 e. The van der Waals surface area contributed by atoms with Crippen molar-refractivity contribution in [2.75, 3.05) is 24.4 Å². The quantitative estimate of drug-likeness (QED) is 0.891. The van der Waals surface area contributed by atoms with Crippen molar-refractivity contribution in [2.24, 2.45) is 0 Å². The second-order valence-electron chi connectivity index (χ2n) is 5.45. The van der Waals surface area contributed by atoms with Gasteiger partial charge in [0.15, 0.2) is 11.5 Å². The molecule has 0 spiro atoms. The summed E-state index contributed by atoms with van der Waals surface area (Å²) in [5.41, 5.74) is 0.982. The molecule has 2 amide bonds. The highest BCUT2D eigenvalue weighted by atomic mass is 16.6. The SMILES string of the molecule is COc1ccc(NC(C)=O)cc1NC(=O)C1COc2ccccc2O1. The van der Waals surface area contributed by atoms with Crippen molar-refractivity contribution in [3.63, 3.8) is 0 Å². The Hall–Kier alpha value is -3.22. The Balaban J connectivity index is 1.75. The molecule has 2 aromatic rings. The molecule has 3 rings (SSSR count). The number of anilines is 2. The Kier molecular flexibility index (Phi) is 4.74. The van der Waals surface area contributed by atoms with Crippen LogP contribution >= 0.6 is 0 Å². The number of para-hydroxylation sites is 2. The van der Waals surface area contributed by atoms with Gasteiger partial charge < -0.3 is 24.8 Å². The van der Waals surface area contributed by atoms with Gasteiger partial charge in [-0.2, -0.15) is 0 Å². The van der Waals surface area contributed by atoms with Crippen molar-refractivity contribution in [1.82, 2.24) is 0 Å². The van der Waals surface area contributed by atoms with Gasteiger partial charge in [-0.3, -0.25) is 9.59 Å². The average Bonchev–Trinajstić information content (AvgIpc) is 2.61. The fraction of sp³-hybridized carbons (Fsp3) is 0.222. The molecule has 130 valence electrons. The molecule has 1 unspecified atom stereocenters. The first-order valence-electron chi connectivity index (χ1n) is 7.72. The molecular weight excluding hydrogens is 324 g/mol. The van der Waals surface area contributed by atoms with Crippen LogP contribution in [0.4, 0.5) is 11.4 Å². The number of carbonyl (C=O) groups is 2. The largest absolute Gasteiger partial charge is 0.495 e. The van der Waals surface area contributed by atoms with Crippen LogP contribution < -0.4 is 24.8 Å². The number of benzene rings is 2. The Morgan fingerprint density at radius 1 is 1.12 bits per heavy atom. The van der Waals surface area contributed by atoms with Crippen LogP contribution in [0.25, 0.3) is 0 Å². The van der Waals surface area contributed by atoms with Gasteiger partial charge >= 0.3 is 0 Å². The summed E-state index contributed by atoms with van der Waals surface area (Å²) >= 11 is 0. The topological polar surface area (TPSA) is 85.9 Å². The highest BCUT2D eigenvalue weighted by Crippen LogP contribution is 2.32. The molecule has 7 heteroatoms. The third kappa shape index (κ3) is 3.82. The van der Waals surface area contributed by atoms with Crippen LogP contribution in [0.2, 0.25) is 0 Å². The van der Waals surface area contributed by atoms with Crippen LogP contribution in [-0.4, -0.2) is 31.6 Å². The summed E-state index contributed by atoms with van der Waals surface area (Å²) in [5.74, 6) is 1.03. The monoisotopic (exact) mass is 342 g/mol. The van der Waals surface area contributed by atoms with E-state index in [1.54, 1.807) is 30.3 Å². The number of amides is 2. The Labute approximate surface area is 144 Å². The molecule has 7 nitrogen and oxygen atoms in total. The van der Waals surface area contributed by atoms with Crippen LogP contribution in [0.15, 0.2) is 42.5 Å². The summed E-state index contributed by atoms with van der Waals surface area (Å²) in [6, 6.07) is 12.1. The lowest BCUT2D eigenvalue weighted by atomic mass is 10.2. The lowest BCUT2D eigenvalue weighted by Gasteiger charge is -2.25. The first-order chi connectivity index (χ1) is 12.1. The van der Waals surface area contributed by atoms with E-state index in [9.17, 15) is 9.59 Å². The number of rotatable bonds is 4. The molecule has 0 bridgehead atoms. The smallest absolute Gasteiger partial charge is 0.269 e. The summed E-state index contributed by atoms with van der Waals surface area (Å²) < 4.78 is 16.5. The standard InChI is InChI=1S/C18H18N2O5/c1-11(21)19-12-7-8-14(23-2)13(9-12)20-18(22)17-10-24-15-5-3-4-6-16(15)25-17/h3-9,17H,10H2,1-2H3,(H,19,21)(H,20,22). The molecule has 0 radical (unpaired) electrons. The normalized spacial score (nSPS) is 15.2. The van der Waals surface area contributed by atoms with Gasteiger partial charge in [0.1, 0.15) is 12.4 Å². The molecule has 2 N–H and O–H groups in total. The van der Waals surface area contributed by atoms with Crippen LogP contribution in [-0.2, 0) is 9.59 Å². The van der Waals surface area contributed by atoms with Gasteiger partial charge in [-0.05, 0) is 30.3 Å². The molecule has 1 aliphatic rings. The predicted molar refractivity (Wildman–Crippen MR) is 92.3 cm³/mol. The van der Waals surface area contributed by atoms with Gasteiger partial charge in [0.25, 0.3) is 5.91 Å². The van der Waals surface area contributed by atoms with Gasteiger partial charge in [0.2, 0.25) is 12.0 Å². The second-order valence-corrected chi connectivity index (χ2v) is 5.45. The molecule has 0 saturated carbocycles. The summed E-state index contributed by atoms with van der Waals surface area (Å²) in [7, 11) is 1.50. The molecule has 2 aromatic carbocycles. The van der Waals surface area contributed by atoms with Gasteiger partial charge in [-0.25, -0.2) is 0 Å². The lowest BCUT2D eigenvalue weighted by Crippen LogP contribution is -2.40. The third-order valence-corrected chi connectivity index (χ3v) is 3.58. The number of fused-ring (bicyclic) bond motifs is 1. The Bertz CT molecular complexity index is 806. The zero-order chi connectivity index (χ0) is 17.8. The maximum atomic E-state index is 12.5. The minimum atomic E-state index is -0.788. The van der Waals surface area contributed by atoms with Crippen molar-refractivity contribution in [3.8, 4) is 17.2 Å². The molecule has 0 aromatic heterocycles. The van der Waals surface area contributed by atoms with Crippen LogP contribution in [0.1, 0.15) is 6.92 Å². The average molecular weight is 342 g/mol. The van der Waals surface area contributed by atoms with Gasteiger partial charge in [-0.1, -0.05) is 12.1 Å². The van der Waals surface area contributed by atoms with Crippen molar-refractivity contribution >= 4 is 23.2 Å². The van der Waals surface area contributed by atoms with E-state index in [0.717, 1.165) is 0 Å². The summed E-state index contributed by atoms with van der Waals surface area (Å²) in [5, 5.41) is 5.42. The molecule has 0 saturated heterocycles. The van der Waals surface area contributed by atoms with Crippen molar-refractivity contribution < 1.29 is 23.8 Å². The Morgan fingerprint density at radius 2 is 1.88 bits per heavy atom. The van der Waals surface area contributed by atoms with E-state index in [4.69, 9.17) is 14.2 Å². The highest BCUT2D eigenvalue weighted by Gasteiger charge is 2.28. The lowest BCUT2D eigenvalue weighted by molar-refractivity contribution is -0.125. The zero-order valence-electron chi connectivity index (χ0n) is 13.9. The molecule has 1 aliphatic heterocycles. The third-order valence-electron chi connectivity index (χ3n) is 3.58. The summed E-state index contributed by atoms with van der Waals surface area (Å²) in [6.07, 6.45) is -0.788. The predicted octanol–water partition coefficient (Wildman–Crippen LogP) is 2.43. The summed E-state index contributed by atoms with van der Waals surface area (Å²) in [6.45, 7) is 1.52.